The van der Waals surface area contributed by atoms with Gasteiger partial charge >= 0.3 is 0 Å². The van der Waals surface area contributed by atoms with Gasteiger partial charge in [-0.1, -0.05) is 6.07 Å². The molecule has 4 heteroatoms. The highest BCUT2D eigenvalue weighted by molar-refractivity contribution is 9.10. The van der Waals surface area contributed by atoms with Crippen molar-refractivity contribution >= 4 is 15.9 Å². The number of aliphatic hydroxyl groups is 1. The van der Waals surface area contributed by atoms with Crippen molar-refractivity contribution in [2.45, 2.75) is 50.4 Å². The van der Waals surface area contributed by atoms with Crippen molar-refractivity contribution < 1.29 is 9.50 Å². The molecule has 2 atom stereocenters. The highest BCUT2D eigenvalue weighted by Crippen LogP contribution is 2.37. The van der Waals surface area contributed by atoms with E-state index in [1.807, 2.05) is 12.1 Å². The van der Waals surface area contributed by atoms with Crippen LogP contribution in [0.1, 0.15) is 31.2 Å². The molecule has 1 N–H and O–H groups in total. The molecule has 0 aliphatic carbocycles. The van der Waals surface area contributed by atoms with E-state index in [0.29, 0.717) is 16.6 Å². The second-order valence-electron chi connectivity index (χ2n) is 5.43. The molecule has 2 nitrogen and oxygen atoms in total. The number of nitrogens with zero attached hydrogens (tertiary/aromatic N) is 1. The fraction of sp³-hybridized carbons (Fsp3) is 0.571. The summed E-state index contributed by atoms with van der Waals surface area (Å²) in [6.07, 6.45) is 4.02. The van der Waals surface area contributed by atoms with Gasteiger partial charge in [0.25, 0.3) is 0 Å². The minimum atomic E-state index is -0.212. The van der Waals surface area contributed by atoms with Crippen molar-refractivity contribution in [2.24, 2.45) is 0 Å². The van der Waals surface area contributed by atoms with E-state index in [-0.39, 0.29) is 11.9 Å². The minimum absolute atomic E-state index is 0.126. The van der Waals surface area contributed by atoms with Crippen LogP contribution >= 0.6 is 15.9 Å². The Labute approximate surface area is 115 Å². The third kappa shape index (κ3) is 2.33. The van der Waals surface area contributed by atoms with E-state index in [4.69, 9.17) is 0 Å². The van der Waals surface area contributed by atoms with Crippen LogP contribution in [0.3, 0.4) is 0 Å². The van der Waals surface area contributed by atoms with E-state index in [1.54, 1.807) is 0 Å². The summed E-state index contributed by atoms with van der Waals surface area (Å²) in [5.74, 6) is -0.212. The maximum Gasteiger partial charge on any atom is 0.137 e. The summed E-state index contributed by atoms with van der Waals surface area (Å²) in [7, 11) is 0. The lowest BCUT2D eigenvalue weighted by atomic mass is 9.99. The highest BCUT2D eigenvalue weighted by Gasteiger charge is 2.39. The van der Waals surface area contributed by atoms with Gasteiger partial charge in [0.1, 0.15) is 5.82 Å². The minimum Gasteiger partial charge on any atom is -0.393 e. The lowest BCUT2D eigenvalue weighted by Crippen LogP contribution is -2.44. The molecular weight excluding hydrogens is 297 g/mol. The Balaban J connectivity index is 1.75. The van der Waals surface area contributed by atoms with Crippen LogP contribution in [0.15, 0.2) is 22.7 Å². The molecule has 0 radical (unpaired) electrons. The topological polar surface area (TPSA) is 23.5 Å². The molecule has 0 amide bonds. The Morgan fingerprint density at radius 3 is 2.56 bits per heavy atom. The molecule has 1 aromatic rings. The molecule has 3 rings (SSSR count). The first-order chi connectivity index (χ1) is 8.63. The lowest BCUT2D eigenvalue weighted by Gasteiger charge is -2.37. The molecular formula is C14H17BrFNO. The molecule has 2 saturated heterocycles. The second-order valence-corrected chi connectivity index (χ2v) is 6.29. The van der Waals surface area contributed by atoms with E-state index >= 15 is 0 Å². The molecule has 18 heavy (non-hydrogen) atoms. The van der Waals surface area contributed by atoms with Crippen LogP contribution in [-0.2, 0) is 6.54 Å². The number of aliphatic hydroxyl groups excluding tert-OH is 1. The number of fused-ring (bicyclic) bond motifs is 2. The van der Waals surface area contributed by atoms with Crippen molar-refractivity contribution in [3.8, 4) is 0 Å². The number of hydrogen-bond acceptors (Lipinski definition) is 2. The Kier molecular flexibility index (Phi) is 3.43. The van der Waals surface area contributed by atoms with Crippen LogP contribution in [0.2, 0.25) is 0 Å². The van der Waals surface area contributed by atoms with Crippen LogP contribution in [0.25, 0.3) is 0 Å². The van der Waals surface area contributed by atoms with Crippen molar-refractivity contribution in [1.29, 1.82) is 0 Å². The maximum absolute atomic E-state index is 13.2. The van der Waals surface area contributed by atoms with E-state index in [2.05, 4.69) is 20.8 Å². The average molecular weight is 314 g/mol. The Bertz CT molecular complexity index is 439. The fourth-order valence-corrected chi connectivity index (χ4v) is 3.78. The second kappa shape index (κ2) is 4.91. The molecule has 98 valence electrons. The predicted octanol–water partition coefficient (Wildman–Crippen LogP) is 3.08. The van der Waals surface area contributed by atoms with Gasteiger partial charge in [-0.05, 0) is 59.3 Å². The zero-order valence-electron chi connectivity index (χ0n) is 10.1. The van der Waals surface area contributed by atoms with Crippen molar-refractivity contribution in [3.63, 3.8) is 0 Å². The Morgan fingerprint density at radius 1 is 1.28 bits per heavy atom. The first-order valence-electron chi connectivity index (χ1n) is 6.51. The largest absolute Gasteiger partial charge is 0.393 e. The number of hydrogen-bond donors (Lipinski definition) is 1. The predicted molar refractivity (Wildman–Crippen MR) is 71.7 cm³/mol. The summed E-state index contributed by atoms with van der Waals surface area (Å²) in [5, 5.41) is 9.77. The van der Waals surface area contributed by atoms with E-state index in [9.17, 15) is 9.50 Å². The van der Waals surface area contributed by atoms with Gasteiger partial charge in [-0.25, -0.2) is 4.39 Å². The quantitative estimate of drug-likeness (QED) is 0.907. The van der Waals surface area contributed by atoms with Crippen molar-refractivity contribution in [2.75, 3.05) is 0 Å². The summed E-state index contributed by atoms with van der Waals surface area (Å²) in [6, 6.07) is 6.23. The van der Waals surface area contributed by atoms with Gasteiger partial charge in [0.05, 0.1) is 10.6 Å². The standard InChI is InChI=1S/C14H17BrFNO/c15-13-5-9(1-4-14(13)16)8-17-10-2-3-11(17)7-12(18)6-10/h1,4-5,10-12,18H,2-3,6-8H2. The summed E-state index contributed by atoms with van der Waals surface area (Å²) in [4.78, 5) is 2.48. The van der Waals surface area contributed by atoms with Gasteiger partial charge in [0, 0.05) is 18.6 Å². The highest BCUT2D eigenvalue weighted by atomic mass is 79.9. The van der Waals surface area contributed by atoms with Gasteiger partial charge < -0.3 is 5.11 Å². The number of rotatable bonds is 2. The van der Waals surface area contributed by atoms with E-state index in [0.717, 1.165) is 24.9 Å². The smallest absolute Gasteiger partial charge is 0.137 e. The first kappa shape index (κ1) is 12.6. The third-order valence-electron chi connectivity index (χ3n) is 4.21. The van der Waals surface area contributed by atoms with E-state index in [1.165, 1.54) is 18.9 Å². The molecule has 2 aliphatic rings. The molecule has 2 unspecified atom stereocenters. The van der Waals surface area contributed by atoms with Crippen LogP contribution in [0.4, 0.5) is 4.39 Å². The molecule has 2 heterocycles. The summed E-state index contributed by atoms with van der Waals surface area (Å²) >= 11 is 3.23. The Morgan fingerprint density at radius 2 is 1.94 bits per heavy atom. The molecule has 0 spiro atoms. The normalized spacial score (nSPS) is 31.8. The average Bonchev–Trinajstić information content (AvgIpc) is 2.58. The lowest BCUT2D eigenvalue weighted by molar-refractivity contribution is 0.0310. The number of halogens is 2. The van der Waals surface area contributed by atoms with Gasteiger partial charge in [0.2, 0.25) is 0 Å². The number of benzene rings is 1. The van der Waals surface area contributed by atoms with Gasteiger partial charge in [-0.2, -0.15) is 0 Å². The summed E-state index contributed by atoms with van der Waals surface area (Å²) in [5.41, 5.74) is 1.14. The van der Waals surface area contributed by atoms with Crippen molar-refractivity contribution in [1.82, 2.24) is 4.90 Å². The first-order valence-corrected chi connectivity index (χ1v) is 7.30. The zero-order chi connectivity index (χ0) is 12.7. The number of piperidine rings is 1. The molecule has 0 saturated carbocycles. The van der Waals surface area contributed by atoms with Crippen molar-refractivity contribution in [3.05, 3.63) is 34.1 Å². The summed E-state index contributed by atoms with van der Waals surface area (Å²) < 4.78 is 13.7. The monoisotopic (exact) mass is 313 g/mol. The molecule has 2 fully saturated rings. The maximum atomic E-state index is 13.2. The summed E-state index contributed by atoms with van der Waals surface area (Å²) in [6.45, 7) is 0.862. The fourth-order valence-electron chi connectivity index (χ4n) is 3.35. The third-order valence-corrected chi connectivity index (χ3v) is 4.82. The van der Waals surface area contributed by atoms with Crippen LogP contribution in [0.5, 0.6) is 0 Å². The molecule has 2 aliphatic heterocycles. The van der Waals surface area contributed by atoms with Gasteiger partial charge in [0.15, 0.2) is 0 Å². The zero-order valence-corrected chi connectivity index (χ0v) is 11.7. The molecule has 1 aromatic carbocycles. The Hall–Kier alpha value is -0.450. The van der Waals surface area contributed by atoms with Gasteiger partial charge in [-0.3, -0.25) is 4.90 Å². The van der Waals surface area contributed by atoms with Crippen LogP contribution < -0.4 is 0 Å². The van der Waals surface area contributed by atoms with Crippen LogP contribution in [0, 0.1) is 5.82 Å². The molecule has 2 bridgehead atoms. The molecule has 0 aromatic heterocycles. The van der Waals surface area contributed by atoms with E-state index < -0.39 is 0 Å². The van der Waals surface area contributed by atoms with Gasteiger partial charge in [-0.15, -0.1) is 0 Å². The SMILES string of the molecule is OC1CC2CCC(C1)N2Cc1ccc(F)c(Br)c1. The van der Waals surface area contributed by atoms with Crippen LogP contribution in [-0.4, -0.2) is 28.2 Å².